The highest BCUT2D eigenvalue weighted by Crippen LogP contribution is 2.32. The van der Waals surface area contributed by atoms with Gasteiger partial charge >= 0.3 is 6.18 Å². The van der Waals surface area contributed by atoms with E-state index in [4.69, 9.17) is 0 Å². The standard InChI is InChI=1S/C16H10F3NO/c17-16(18,19)13-4-1-10(2-5-13)11-3-6-15-14(7-11)12(9-21)8-20-15/h1-9,20H. The van der Waals surface area contributed by atoms with Crippen LogP contribution >= 0.6 is 0 Å². The number of nitrogens with one attached hydrogen (secondary N) is 1. The molecule has 106 valence electrons. The number of aldehydes is 1. The molecule has 0 atom stereocenters. The summed E-state index contributed by atoms with van der Waals surface area (Å²) >= 11 is 0. The Morgan fingerprint density at radius 2 is 1.62 bits per heavy atom. The lowest BCUT2D eigenvalue weighted by molar-refractivity contribution is -0.137. The second kappa shape index (κ2) is 4.77. The third-order valence-corrected chi connectivity index (χ3v) is 3.39. The molecule has 1 N–H and O–H groups in total. The van der Waals surface area contributed by atoms with Crippen molar-refractivity contribution in [1.29, 1.82) is 0 Å². The highest BCUT2D eigenvalue weighted by atomic mass is 19.4. The van der Waals surface area contributed by atoms with Crippen LogP contribution in [-0.4, -0.2) is 11.3 Å². The van der Waals surface area contributed by atoms with Crippen molar-refractivity contribution in [3.63, 3.8) is 0 Å². The van der Waals surface area contributed by atoms with E-state index in [0.717, 1.165) is 34.9 Å². The first-order chi connectivity index (χ1) is 9.99. The Kier molecular flexibility index (Phi) is 3.05. The summed E-state index contributed by atoms with van der Waals surface area (Å²) in [4.78, 5) is 13.9. The highest BCUT2D eigenvalue weighted by Gasteiger charge is 2.29. The largest absolute Gasteiger partial charge is 0.416 e. The van der Waals surface area contributed by atoms with Gasteiger partial charge in [-0.1, -0.05) is 18.2 Å². The minimum atomic E-state index is -4.34. The zero-order valence-electron chi connectivity index (χ0n) is 10.7. The van der Waals surface area contributed by atoms with Gasteiger partial charge in [-0.15, -0.1) is 0 Å². The van der Waals surface area contributed by atoms with Gasteiger partial charge in [0.1, 0.15) is 0 Å². The van der Waals surface area contributed by atoms with Crippen LogP contribution in [0.1, 0.15) is 15.9 Å². The lowest BCUT2D eigenvalue weighted by atomic mass is 10.0. The number of halogens is 3. The van der Waals surface area contributed by atoms with Crippen LogP contribution in [0.15, 0.2) is 48.7 Å². The monoisotopic (exact) mass is 289 g/mol. The fourth-order valence-electron chi connectivity index (χ4n) is 2.27. The van der Waals surface area contributed by atoms with Crippen LogP contribution in [0.3, 0.4) is 0 Å². The first-order valence-corrected chi connectivity index (χ1v) is 6.23. The maximum Gasteiger partial charge on any atom is 0.416 e. The topological polar surface area (TPSA) is 32.9 Å². The summed E-state index contributed by atoms with van der Waals surface area (Å²) in [5.74, 6) is 0. The van der Waals surface area contributed by atoms with Gasteiger partial charge in [0.25, 0.3) is 0 Å². The molecule has 0 aliphatic heterocycles. The van der Waals surface area contributed by atoms with Crippen molar-refractivity contribution < 1.29 is 18.0 Å². The average Bonchev–Trinajstić information content (AvgIpc) is 2.88. The number of aromatic nitrogens is 1. The SMILES string of the molecule is O=Cc1c[nH]c2ccc(-c3ccc(C(F)(F)F)cc3)cc12. The number of carbonyl (C=O) groups excluding carboxylic acids is 1. The Morgan fingerprint density at radius 3 is 2.24 bits per heavy atom. The van der Waals surface area contributed by atoms with Crippen LogP contribution in [0, 0.1) is 0 Å². The third kappa shape index (κ3) is 2.42. The summed E-state index contributed by atoms with van der Waals surface area (Å²) in [5.41, 5.74) is 2.09. The molecule has 0 radical (unpaired) electrons. The molecule has 2 aromatic carbocycles. The van der Waals surface area contributed by atoms with Crippen LogP contribution in [0.2, 0.25) is 0 Å². The zero-order chi connectivity index (χ0) is 15.0. The Hall–Kier alpha value is -2.56. The summed E-state index contributed by atoms with van der Waals surface area (Å²) in [6.07, 6.45) is -1.99. The van der Waals surface area contributed by atoms with E-state index in [1.165, 1.54) is 12.1 Å². The molecular formula is C16H10F3NO. The first kappa shape index (κ1) is 13.4. The molecule has 0 fully saturated rings. The van der Waals surface area contributed by atoms with Crippen LogP contribution in [0.5, 0.6) is 0 Å². The minimum Gasteiger partial charge on any atom is -0.360 e. The molecule has 2 nitrogen and oxygen atoms in total. The van der Waals surface area contributed by atoms with Crippen molar-refractivity contribution in [2.45, 2.75) is 6.18 Å². The molecule has 3 rings (SSSR count). The van der Waals surface area contributed by atoms with Crippen LogP contribution < -0.4 is 0 Å². The van der Waals surface area contributed by atoms with Crippen molar-refractivity contribution in [1.82, 2.24) is 4.98 Å². The van der Waals surface area contributed by atoms with E-state index in [1.807, 2.05) is 0 Å². The molecule has 0 unspecified atom stereocenters. The number of alkyl halides is 3. The van der Waals surface area contributed by atoms with Crippen LogP contribution in [-0.2, 0) is 6.18 Å². The smallest absolute Gasteiger partial charge is 0.360 e. The number of rotatable bonds is 2. The predicted octanol–water partition coefficient (Wildman–Crippen LogP) is 4.67. The number of hydrogen-bond acceptors (Lipinski definition) is 1. The summed E-state index contributed by atoms with van der Waals surface area (Å²) in [6, 6.07) is 10.4. The molecule has 0 bridgehead atoms. The molecule has 0 aliphatic carbocycles. The fourth-order valence-corrected chi connectivity index (χ4v) is 2.27. The lowest BCUT2D eigenvalue weighted by Gasteiger charge is -2.08. The second-order valence-electron chi connectivity index (χ2n) is 4.70. The number of H-pyrrole nitrogens is 1. The predicted molar refractivity (Wildman–Crippen MR) is 74.1 cm³/mol. The van der Waals surface area contributed by atoms with E-state index in [9.17, 15) is 18.0 Å². The Labute approximate surface area is 118 Å². The van der Waals surface area contributed by atoms with E-state index >= 15 is 0 Å². The second-order valence-corrected chi connectivity index (χ2v) is 4.70. The molecular weight excluding hydrogens is 279 g/mol. The zero-order valence-corrected chi connectivity index (χ0v) is 10.7. The molecule has 0 aliphatic rings. The van der Waals surface area contributed by atoms with Gasteiger partial charge < -0.3 is 4.98 Å². The van der Waals surface area contributed by atoms with Crippen molar-refractivity contribution >= 4 is 17.2 Å². The Balaban J connectivity index is 2.05. The van der Waals surface area contributed by atoms with Crippen molar-refractivity contribution in [2.24, 2.45) is 0 Å². The molecule has 1 heterocycles. The Bertz CT molecular complexity index is 800. The van der Waals surface area contributed by atoms with Gasteiger partial charge in [0.05, 0.1) is 5.56 Å². The van der Waals surface area contributed by atoms with Crippen LogP contribution in [0.4, 0.5) is 13.2 Å². The van der Waals surface area contributed by atoms with Gasteiger partial charge in [-0.2, -0.15) is 13.2 Å². The van der Waals surface area contributed by atoms with E-state index in [1.54, 1.807) is 24.4 Å². The van der Waals surface area contributed by atoms with Gasteiger partial charge in [0, 0.05) is 22.7 Å². The average molecular weight is 289 g/mol. The van der Waals surface area contributed by atoms with Crippen molar-refractivity contribution in [2.75, 3.05) is 0 Å². The number of aromatic amines is 1. The molecule has 0 saturated carbocycles. The van der Waals surface area contributed by atoms with Gasteiger partial charge in [-0.25, -0.2) is 0 Å². The summed E-state index contributed by atoms with van der Waals surface area (Å²) in [5, 5.41) is 0.752. The summed E-state index contributed by atoms with van der Waals surface area (Å²) in [6.45, 7) is 0. The highest BCUT2D eigenvalue weighted by molar-refractivity contribution is 5.99. The quantitative estimate of drug-likeness (QED) is 0.683. The minimum absolute atomic E-state index is 0.527. The summed E-state index contributed by atoms with van der Waals surface area (Å²) < 4.78 is 37.6. The van der Waals surface area contributed by atoms with E-state index in [0.29, 0.717) is 11.1 Å². The van der Waals surface area contributed by atoms with Gasteiger partial charge in [-0.3, -0.25) is 4.79 Å². The number of benzene rings is 2. The number of carbonyl (C=O) groups is 1. The van der Waals surface area contributed by atoms with E-state index < -0.39 is 11.7 Å². The molecule has 5 heteroatoms. The first-order valence-electron chi connectivity index (χ1n) is 6.23. The van der Waals surface area contributed by atoms with Crippen LogP contribution in [0.25, 0.3) is 22.0 Å². The Morgan fingerprint density at radius 1 is 0.952 bits per heavy atom. The third-order valence-electron chi connectivity index (χ3n) is 3.39. The molecule has 0 saturated heterocycles. The van der Waals surface area contributed by atoms with Gasteiger partial charge in [0.2, 0.25) is 0 Å². The van der Waals surface area contributed by atoms with E-state index in [2.05, 4.69) is 4.98 Å². The number of hydrogen-bond donors (Lipinski definition) is 1. The van der Waals surface area contributed by atoms with E-state index in [-0.39, 0.29) is 0 Å². The van der Waals surface area contributed by atoms with Gasteiger partial charge in [-0.05, 0) is 35.4 Å². The molecule has 0 amide bonds. The molecule has 21 heavy (non-hydrogen) atoms. The molecule has 0 spiro atoms. The fraction of sp³-hybridized carbons (Fsp3) is 0.0625. The normalized spacial score (nSPS) is 11.8. The lowest BCUT2D eigenvalue weighted by Crippen LogP contribution is -2.03. The maximum absolute atomic E-state index is 12.5. The summed E-state index contributed by atoms with van der Waals surface area (Å²) in [7, 11) is 0. The maximum atomic E-state index is 12.5. The van der Waals surface area contributed by atoms with Crippen molar-refractivity contribution in [3.05, 3.63) is 59.8 Å². The van der Waals surface area contributed by atoms with Gasteiger partial charge in [0.15, 0.2) is 6.29 Å². The van der Waals surface area contributed by atoms with Crippen molar-refractivity contribution in [3.8, 4) is 11.1 Å². The number of fused-ring (bicyclic) bond motifs is 1. The molecule has 1 aromatic heterocycles. The molecule has 3 aromatic rings.